The highest BCUT2D eigenvalue weighted by Crippen LogP contribution is 2.48. The van der Waals surface area contributed by atoms with Gasteiger partial charge in [0.15, 0.2) is 0 Å². The molecule has 1 aliphatic carbocycles. The van der Waals surface area contributed by atoms with Gasteiger partial charge in [-0.25, -0.2) is 9.18 Å². The molecule has 3 rings (SSSR count). The number of carbonyl (C=O) groups is 1. The number of aliphatic hydroxyl groups is 1. The molecule has 3 nitrogen and oxygen atoms in total. The smallest absolute Gasteiger partial charge is 0.335 e. The molecule has 4 heteroatoms. The van der Waals surface area contributed by atoms with E-state index in [9.17, 15) is 19.4 Å². The van der Waals surface area contributed by atoms with Crippen LogP contribution in [0, 0.1) is 5.82 Å². The maximum atomic E-state index is 14.3. The molecule has 0 spiro atoms. The minimum absolute atomic E-state index is 0.0937. The van der Waals surface area contributed by atoms with Crippen LogP contribution in [-0.2, 0) is 11.0 Å². The quantitative estimate of drug-likeness (QED) is 0.885. The second kappa shape index (κ2) is 5.17. The predicted molar refractivity (Wildman–Crippen MR) is 85.1 cm³/mol. The maximum Gasteiger partial charge on any atom is 0.335 e. The zero-order valence-corrected chi connectivity index (χ0v) is 13.1. The first-order valence-electron chi connectivity index (χ1n) is 7.61. The van der Waals surface area contributed by atoms with Crippen molar-refractivity contribution >= 4 is 5.97 Å². The Labute approximate surface area is 134 Å². The standard InChI is InChI=1S/C19H19FO3/c1-18(2)9-10-19(23,14-5-3-4-6-16(14)20)15-11-12(17(21)22)7-8-13(15)18/h3-8,11,23H,9-10H2,1-2H3,(H,21,22). The molecule has 1 atom stereocenters. The summed E-state index contributed by atoms with van der Waals surface area (Å²) >= 11 is 0. The number of fused-ring (bicyclic) bond motifs is 1. The van der Waals surface area contributed by atoms with Crippen LogP contribution >= 0.6 is 0 Å². The number of halogens is 1. The molecule has 0 aliphatic heterocycles. The molecule has 1 aliphatic rings. The molecule has 0 amide bonds. The van der Waals surface area contributed by atoms with Crippen molar-refractivity contribution in [2.45, 2.75) is 37.7 Å². The summed E-state index contributed by atoms with van der Waals surface area (Å²) in [5.74, 6) is -1.55. The summed E-state index contributed by atoms with van der Waals surface area (Å²) in [5.41, 5.74) is -0.0836. The molecular weight excluding hydrogens is 295 g/mol. The molecule has 2 N–H and O–H groups in total. The SMILES string of the molecule is CC1(C)CCC(O)(c2ccccc2F)c2cc(C(=O)O)ccc21. The second-order valence-corrected chi connectivity index (χ2v) is 6.79. The summed E-state index contributed by atoms with van der Waals surface area (Å²) < 4.78 is 14.3. The molecule has 0 saturated heterocycles. The van der Waals surface area contributed by atoms with Gasteiger partial charge < -0.3 is 10.2 Å². The third kappa shape index (κ3) is 2.43. The van der Waals surface area contributed by atoms with Crippen LogP contribution in [0.4, 0.5) is 4.39 Å². The minimum atomic E-state index is -1.51. The number of rotatable bonds is 2. The molecule has 0 saturated carbocycles. The highest BCUT2D eigenvalue weighted by atomic mass is 19.1. The Morgan fingerprint density at radius 2 is 1.74 bits per heavy atom. The fraction of sp³-hybridized carbons (Fsp3) is 0.316. The van der Waals surface area contributed by atoms with E-state index in [-0.39, 0.29) is 16.5 Å². The zero-order chi connectivity index (χ0) is 16.8. The van der Waals surface area contributed by atoms with E-state index in [1.165, 1.54) is 18.2 Å². The lowest BCUT2D eigenvalue weighted by molar-refractivity contribution is 0.0459. The maximum absolute atomic E-state index is 14.3. The Bertz CT molecular complexity index is 782. The molecule has 23 heavy (non-hydrogen) atoms. The summed E-state index contributed by atoms with van der Waals surface area (Å²) in [6.45, 7) is 4.10. The Morgan fingerprint density at radius 3 is 2.39 bits per heavy atom. The zero-order valence-electron chi connectivity index (χ0n) is 13.1. The van der Waals surface area contributed by atoms with Crippen molar-refractivity contribution in [1.82, 2.24) is 0 Å². The Kier molecular flexibility index (Phi) is 3.52. The van der Waals surface area contributed by atoms with Crippen molar-refractivity contribution < 1.29 is 19.4 Å². The molecule has 0 fully saturated rings. The molecular formula is C19H19FO3. The molecule has 1 unspecified atom stereocenters. The average Bonchev–Trinajstić information content (AvgIpc) is 2.51. The fourth-order valence-corrected chi connectivity index (χ4v) is 3.45. The summed E-state index contributed by atoms with van der Waals surface area (Å²) in [7, 11) is 0. The Morgan fingerprint density at radius 1 is 1.04 bits per heavy atom. The van der Waals surface area contributed by atoms with Crippen molar-refractivity contribution in [2.75, 3.05) is 0 Å². The molecule has 2 aromatic rings. The van der Waals surface area contributed by atoms with Gasteiger partial charge in [-0.15, -0.1) is 0 Å². The minimum Gasteiger partial charge on any atom is -0.478 e. The van der Waals surface area contributed by atoms with Crippen LogP contribution in [0.5, 0.6) is 0 Å². The first-order valence-corrected chi connectivity index (χ1v) is 7.61. The lowest BCUT2D eigenvalue weighted by Gasteiger charge is -2.43. The second-order valence-electron chi connectivity index (χ2n) is 6.79. The largest absolute Gasteiger partial charge is 0.478 e. The van der Waals surface area contributed by atoms with Gasteiger partial charge >= 0.3 is 5.97 Å². The number of carboxylic acids is 1. The molecule has 0 aromatic heterocycles. The van der Waals surface area contributed by atoms with Gasteiger partial charge in [-0.05, 0) is 47.6 Å². The van der Waals surface area contributed by atoms with Crippen LogP contribution < -0.4 is 0 Å². The van der Waals surface area contributed by atoms with Gasteiger partial charge in [0.25, 0.3) is 0 Å². The molecule has 0 radical (unpaired) electrons. The van der Waals surface area contributed by atoms with Gasteiger partial charge in [0.05, 0.1) is 5.56 Å². The van der Waals surface area contributed by atoms with Gasteiger partial charge in [0.2, 0.25) is 0 Å². The average molecular weight is 314 g/mol. The number of hydrogen-bond donors (Lipinski definition) is 2. The lowest BCUT2D eigenvalue weighted by Crippen LogP contribution is -2.39. The monoisotopic (exact) mass is 314 g/mol. The van der Waals surface area contributed by atoms with Crippen LogP contribution in [0.25, 0.3) is 0 Å². The van der Waals surface area contributed by atoms with E-state index in [2.05, 4.69) is 0 Å². The van der Waals surface area contributed by atoms with Gasteiger partial charge in [0, 0.05) is 5.56 Å². The Balaban J connectivity index is 2.28. The lowest BCUT2D eigenvalue weighted by atomic mass is 9.64. The summed E-state index contributed by atoms with van der Waals surface area (Å²) in [5, 5.41) is 20.5. The van der Waals surface area contributed by atoms with Crippen molar-refractivity contribution in [3.05, 3.63) is 70.5 Å². The normalized spacial score (nSPS) is 22.4. The van der Waals surface area contributed by atoms with Crippen LogP contribution in [0.2, 0.25) is 0 Å². The predicted octanol–water partition coefficient (Wildman–Crippen LogP) is 3.83. The van der Waals surface area contributed by atoms with E-state index >= 15 is 0 Å². The van der Waals surface area contributed by atoms with E-state index in [1.54, 1.807) is 24.3 Å². The molecule has 0 heterocycles. The van der Waals surface area contributed by atoms with Gasteiger partial charge in [-0.3, -0.25) is 0 Å². The van der Waals surface area contributed by atoms with Crippen molar-refractivity contribution in [3.63, 3.8) is 0 Å². The number of carboxylic acid groups (broad SMARTS) is 1. The van der Waals surface area contributed by atoms with Crippen LogP contribution in [-0.4, -0.2) is 16.2 Å². The highest BCUT2D eigenvalue weighted by molar-refractivity contribution is 5.88. The summed E-state index contributed by atoms with van der Waals surface area (Å²) in [4.78, 5) is 11.3. The summed E-state index contributed by atoms with van der Waals surface area (Å²) in [6.07, 6.45) is 1.02. The van der Waals surface area contributed by atoms with E-state index in [4.69, 9.17) is 0 Å². The van der Waals surface area contributed by atoms with Crippen molar-refractivity contribution in [1.29, 1.82) is 0 Å². The third-order valence-electron chi connectivity index (χ3n) is 4.87. The summed E-state index contributed by atoms with van der Waals surface area (Å²) in [6, 6.07) is 10.9. The molecule has 0 bridgehead atoms. The van der Waals surface area contributed by atoms with Crippen LogP contribution in [0.15, 0.2) is 42.5 Å². The van der Waals surface area contributed by atoms with E-state index in [0.29, 0.717) is 18.4 Å². The van der Waals surface area contributed by atoms with Crippen molar-refractivity contribution in [3.8, 4) is 0 Å². The van der Waals surface area contributed by atoms with Gasteiger partial charge in [0.1, 0.15) is 11.4 Å². The van der Waals surface area contributed by atoms with E-state index in [1.807, 2.05) is 13.8 Å². The topological polar surface area (TPSA) is 57.5 Å². The molecule has 2 aromatic carbocycles. The number of aromatic carboxylic acids is 1. The number of hydrogen-bond acceptors (Lipinski definition) is 2. The van der Waals surface area contributed by atoms with E-state index < -0.39 is 17.4 Å². The fourth-order valence-electron chi connectivity index (χ4n) is 3.45. The first kappa shape index (κ1) is 15.7. The van der Waals surface area contributed by atoms with Crippen LogP contribution in [0.3, 0.4) is 0 Å². The van der Waals surface area contributed by atoms with E-state index in [0.717, 1.165) is 5.56 Å². The van der Waals surface area contributed by atoms with Crippen LogP contribution in [0.1, 0.15) is 53.7 Å². The van der Waals surface area contributed by atoms with Crippen molar-refractivity contribution in [2.24, 2.45) is 0 Å². The number of benzene rings is 2. The Hall–Kier alpha value is -2.20. The molecule has 120 valence electrons. The van der Waals surface area contributed by atoms with Gasteiger partial charge in [-0.2, -0.15) is 0 Å². The first-order chi connectivity index (χ1) is 10.8. The third-order valence-corrected chi connectivity index (χ3v) is 4.87. The highest BCUT2D eigenvalue weighted by Gasteiger charge is 2.44. The van der Waals surface area contributed by atoms with Gasteiger partial charge in [-0.1, -0.05) is 38.1 Å².